The van der Waals surface area contributed by atoms with Crippen LogP contribution in [0.2, 0.25) is 0 Å². The number of aliphatic hydroxyl groups is 1. The van der Waals surface area contributed by atoms with E-state index in [-0.39, 0.29) is 6.10 Å². The van der Waals surface area contributed by atoms with Gasteiger partial charge in [0.05, 0.1) is 6.10 Å². The number of halogens is 1. The molecule has 1 unspecified atom stereocenters. The molecule has 0 spiro atoms. The van der Waals surface area contributed by atoms with Crippen molar-refractivity contribution in [2.24, 2.45) is 0 Å². The molecule has 0 saturated heterocycles. The summed E-state index contributed by atoms with van der Waals surface area (Å²) in [5.41, 5.74) is 0. The number of aliphatic hydroxyl groups excluding tert-OH is 1. The Bertz CT molecular complexity index is 72.8. The fourth-order valence-corrected chi connectivity index (χ4v) is 1.73. The van der Waals surface area contributed by atoms with E-state index in [0.717, 1.165) is 18.1 Å². The maximum absolute atomic E-state index is 8.87. The first-order valence-corrected chi connectivity index (χ1v) is 5.60. The molecule has 4 heteroatoms. The fourth-order valence-electron chi connectivity index (χ4n) is 0.495. The van der Waals surface area contributed by atoms with Crippen molar-refractivity contribution in [1.82, 2.24) is 3.53 Å². The van der Waals surface area contributed by atoms with E-state index >= 15 is 0 Å². The van der Waals surface area contributed by atoms with Gasteiger partial charge in [-0.2, -0.15) is 11.8 Å². The Morgan fingerprint density at radius 1 is 1.70 bits per heavy atom. The average molecular weight is 275 g/mol. The van der Waals surface area contributed by atoms with Gasteiger partial charge in [-0.3, -0.25) is 3.53 Å². The summed E-state index contributed by atoms with van der Waals surface area (Å²) in [4.78, 5) is 0. The number of nitrogens with one attached hydrogen (secondary N) is 1. The van der Waals surface area contributed by atoms with E-state index in [1.54, 1.807) is 0 Å². The molecule has 0 aliphatic rings. The van der Waals surface area contributed by atoms with Crippen LogP contribution in [0.4, 0.5) is 0 Å². The highest BCUT2D eigenvalue weighted by molar-refractivity contribution is 14.1. The SMILES string of the molecule is CC(O)CSCCCNI. The molecule has 2 nitrogen and oxygen atoms in total. The highest BCUT2D eigenvalue weighted by Gasteiger charge is 1.94. The fraction of sp³-hybridized carbons (Fsp3) is 1.00. The second kappa shape index (κ2) is 8.10. The minimum atomic E-state index is -0.155. The average Bonchev–Trinajstić information content (AvgIpc) is 1.87. The predicted octanol–water partition coefficient (Wildman–Crippen LogP) is 1.43. The number of hydrogen-bond acceptors (Lipinski definition) is 3. The quantitative estimate of drug-likeness (QED) is 0.437. The lowest BCUT2D eigenvalue weighted by Crippen LogP contribution is -2.05. The minimum absolute atomic E-state index is 0.155. The molecular formula is C6H14INOS. The lowest BCUT2D eigenvalue weighted by atomic mass is 10.5. The van der Waals surface area contributed by atoms with Crippen molar-refractivity contribution in [3.8, 4) is 0 Å². The Kier molecular flexibility index (Phi) is 8.91. The molecule has 0 fully saturated rings. The molecule has 0 radical (unpaired) electrons. The van der Waals surface area contributed by atoms with Crippen molar-refractivity contribution in [1.29, 1.82) is 0 Å². The summed E-state index contributed by atoms with van der Waals surface area (Å²) >= 11 is 3.95. The molecule has 0 aliphatic heterocycles. The molecule has 0 bridgehead atoms. The number of rotatable bonds is 6. The van der Waals surface area contributed by atoms with E-state index in [4.69, 9.17) is 5.11 Å². The molecule has 0 aromatic carbocycles. The normalized spacial score (nSPS) is 13.5. The lowest BCUT2D eigenvalue weighted by Gasteiger charge is -2.02. The van der Waals surface area contributed by atoms with Gasteiger partial charge in [-0.15, -0.1) is 0 Å². The first-order valence-electron chi connectivity index (χ1n) is 3.36. The van der Waals surface area contributed by atoms with Crippen molar-refractivity contribution >= 4 is 34.6 Å². The van der Waals surface area contributed by atoms with Crippen LogP contribution in [0, 0.1) is 0 Å². The van der Waals surface area contributed by atoms with Crippen LogP contribution in [0.25, 0.3) is 0 Å². The molecule has 10 heavy (non-hydrogen) atoms. The van der Waals surface area contributed by atoms with E-state index in [9.17, 15) is 0 Å². The molecule has 1 atom stereocenters. The van der Waals surface area contributed by atoms with Crippen LogP contribution < -0.4 is 3.53 Å². The third kappa shape index (κ3) is 9.00. The van der Waals surface area contributed by atoms with Crippen molar-refractivity contribution < 1.29 is 5.11 Å². The summed E-state index contributed by atoms with van der Waals surface area (Å²) in [5.74, 6) is 2.00. The van der Waals surface area contributed by atoms with Crippen LogP contribution in [0.1, 0.15) is 13.3 Å². The summed E-state index contributed by atoms with van der Waals surface area (Å²) in [6, 6.07) is 0. The Balaban J connectivity index is 2.77. The highest BCUT2D eigenvalue weighted by atomic mass is 127. The Morgan fingerprint density at radius 2 is 2.40 bits per heavy atom. The third-order valence-electron chi connectivity index (χ3n) is 0.919. The standard InChI is InChI=1S/C6H14INOS/c1-6(9)5-10-4-2-3-8-7/h6,8-9H,2-5H2,1H3. The zero-order valence-electron chi connectivity index (χ0n) is 6.14. The molecule has 62 valence electrons. The topological polar surface area (TPSA) is 32.3 Å². The molecule has 2 N–H and O–H groups in total. The van der Waals surface area contributed by atoms with Gasteiger partial charge in [-0.05, 0) is 19.1 Å². The third-order valence-corrected chi connectivity index (χ3v) is 2.75. The zero-order chi connectivity index (χ0) is 7.82. The van der Waals surface area contributed by atoms with E-state index in [1.165, 1.54) is 6.42 Å². The predicted molar refractivity (Wildman–Crippen MR) is 55.6 cm³/mol. The van der Waals surface area contributed by atoms with Crippen LogP contribution in [-0.4, -0.2) is 29.3 Å². The van der Waals surface area contributed by atoms with Gasteiger partial charge in [0.25, 0.3) is 0 Å². The van der Waals surface area contributed by atoms with E-state index in [2.05, 4.69) is 26.4 Å². The van der Waals surface area contributed by atoms with Gasteiger partial charge >= 0.3 is 0 Å². The Morgan fingerprint density at radius 3 is 2.90 bits per heavy atom. The van der Waals surface area contributed by atoms with Gasteiger partial charge in [0.15, 0.2) is 0 Å². The molecule has 0 aliphatic carbocycles. The maximum Gasteiger partial charge on any atom is 0.0602 e. The molecule has 0 heterocycles. The monoisotopic (exact) mass is 275 g/mol. The van der Waals surface area contributed by atoms with Gasteiger partial charge in [-0.25, -0.2) is 0 Å². The Hall–Kier alpha value is 1.00. The molecule has 0 amide bonds. The maximum atomic E-state index is 8.87. The van der Waals surface area contributed by atoms with Gasteiger partial charge in [0.1, 0.15) is 0 Å². The summed E-state index contributed by atoms with van der Waals surface area (Å²) in [5, 5.41) is 8.87. The summed E-state index contributed by atoms with van der Waals surface area (Å²) in [7, 11) is 0. The highest BCUT2D eigenvalue weighted by Crippen LogP contribution is 2.03. The molecule has 0 aromatic rings. The smallest absolute Gasteiger partial charge is 0.0602 e. The molecule has 0 rings (SSSR count). The van der Waals surface area contributed by atoms with Gasteiger partial charge in [0.2, 0.25) is 0 Å². The van der Waals surface area contributed by atoms with Crippen LogP contribution in [0.15, 0.2) is 0 Å². The first-order chi connectivity index (χ1) is 4.77. The van der Waals surface area contributed by atoms with Crippen LogP contribution in [-0.2, 0) is 0 Å². The minimum Gasteiger partial charge on any atom is -0.393 e. The van der Waals surface area contributed by atoms with Crippen molar-refractivity contribution in [2.45, 2.75) is 19.4 Å². The summed E-state index contributed by atoms with van der Waals surface area (Å²) < 4.78 is 3.05. The van der Waals surface area contributed by atoms with Gasteiger partial charge in [-0.1, -0.05) is 0 Å². The van der Waals surface area contributed by atoms with Crippen molar-refractivity contribution in [2.75, 3.05) is 18.1 Å². The summed E-state index contributed by atoms with van der Waals surface area (Å²) in [6.45, 7) is 2.89. The second-order valence-corrected chi connectivity index (χ2v) is 4.07. The van der Waals surface area contributed by atoms with E-state index < -0.39 is 0 Å². The molecular weight excluding hydrogens is 261 g/mol. The lowest BCUT2D eigenvalue weighted by molar-refractivity contribution is 0.220. The van der Waals surface area contributed by atoms with E-state index in [1.807, 2.05) is 18.7 Å². The first kappa shape index (κ1) is 11.0. The molecule has 0 saturated carbocycles. The Labute approximate surface area is 80.6 Å². The van der Waals surface area contributed by atoms with Crippen molar-refractivity contribution in [3.05, 3.63) is 0 Å². The number of hydrogen-bond donors (Lipinski definition) is 2. The van der Waals surface area contributed by atoms with Crippen molar-refractivity contribution in [3.63, 3.8) is 0 Å². The van der Waals surface area contributed by atoms with Gasteiger partial charge in [0, 0.05) is 35.2 Å². The van der Waals surface area contributed by atoms with Crippen LogP contribution >= 0.6 is 34.6 Å². The second-order valence-electron chi connectivity index (χ2n) is 2.16. The van der Waals surface area contributed by atoms with Crippen LogP contribution in [0.5, 0.6) is 0 Å². The van der Waals surface area contributed by atoms with Crippen LogP contribution in [0.3, 0.4) is 0 Å². The van der Waals surface area contributed by atoms with E-state index in [0.29, 0.717) is 0 Å². The largest absolute Gasteiger partial charge is 0.393 e. The number of thioether (sulfide) groups is 1. The molecule has 0 aromatic heterocycles. The summed E-state index contributed by atoms with van der Waals surface area (Å²) in [6.07, 6.45) is 1.03. The van der Waals surface area contributed by atoms with Gasteiger partial charge < -0.3 is 5.11 Å². The zero-order valence-corrected chi connectivity index (χ0v) is 9.11.